The van der Waals surface area contributed by atoms with Gasteiger partial charge in [0.2, 0.25) is 0 Å². The van der Waals surface area contributed by atoms with E-state index in [1.165, 1.54) is 25.7 Å². The summed E-state index contributed by atoms with van der Waals surface area (Å²) in [5.41, 5.74) is 2.39. The van der Waals surface area contributed by atoms with Crippen LogP contribution in [-0.2, 0) is 11.2 Å². The molecule has 6 heteroatoms. The highest BCUT2D eigenvalue weighted by atomic mass is 16.5. The van der Waals surface area contributed by atoms with E-state index >= 15 is 0 Å². The van der Waals surface area contributed by atoms with E-state index in [0.29, 0.717) is 24.7 Å². The normalized spacial score (nSPS) is 14.5. The first-order valence-electron chi connectivity index (χ1n) is 8.55. The van der Waals surface area contributed by atoms with Crippen LogP contribution in [-0.4, -0.2) is 35.4 Å². The van der Waals surface area contributed by atoms with Crippen LogP contribution < -0.4 is 5.32 Å². The Kier molecular flexibility index (Phi) is 5.96. The summed E-state index contributed by atoms with van der Waals surface area (Å²) in [4.78, 5) is 8.77. The van der Waals surface area contributed by atoms with E-state index in [4.69, 9.17) is 9.26 Å². The standard InChI is InChI=1S/C18H24N4O2/c1-23-12-10-17-21-18(24-22-17)15-7-8-16(20-13-15)19-11-9-14-5-3-2-4-6-14/h5,7-8,13H,2-4,6,9-12H2,1H3,(H,19,20). The first-order chi connectivity index (χ1) is 11.8. The molecule has 0 unspecified atom stereocenters. The summed E-state index contributed by atoms with van der Waals surface area (Å²) >= 11 is 0. The molecular formula is C18H24N4O2. The second-order valence-corrected chi connectivity index (χ2v) is 5.98. The van der Waals surface area contributed by atoms with Crippen LogP contribution in [0.5, 0.6) is 0 Å². The number of nitrogens with one attached hydrogen (secondary N) is 1. The molecule has 3 rings (SSSR count). The van der Waals surface area contributed by atoms with Crippen molar-refractivity contribution in [2.75, 3.05) is 25.6 Å². The smallest absolute Gasteiger partial charge is 0.259 e. The quantitative estimate of drug-likeness (QED) is 0.746. The van der Waals surface area contributed by atoms with Gasteiger partial charge < -0.3 is 14.6 Å². The Labute approximate surface area is 142 Å². The van der Waals surface area contributed by atoms with Crippen LogP contribution in [0.15, 0.2) is 34.5 Å². The number of aromatic nitrogens is 3. The third-order valence-corrected chi connectivity index (χ3v) is 4.15. The van der Waals surface area contributed by atoms with Crippen molar-refractivity contribution < 1.29 is 9.26 Å². The number of hydrogen-bond donors (Lipinski definition) is 1. The lowest BCUT2D eigenvalue weighted by atomic mass is 9.97. The second-order valence-electron chi connectivity index (χ2n) is 5.98. The Balaban J connectivity index is 1.51. The molecule has 128 valence electrons. The van der Waals surface area contributed by atoms with Gasteiger partial charge in [-0.25, -0.2) is 4.98 Å². The van der Waals surface area contributed by atoms with Crippen LogP contribution in [0, 0.1) is 0 Å². The molecule has 1 aliphatic rings. The molecular weight excluding hydrogens is 304 g/mol. The lowest BCUT2D eigenvalue weighted by Gasteiger charge is -2.13. The third-order valence-electron chi connectivity index (χ3n) is 4.15. The molecule has 0 aromatic carbocycles. The van der Waals surface area contributed by atoms with Crippen molar-refractivity contribution in [3.8, 4) is 11.5 Å². The van der Waals surface area contributed by atoms with E-state index < -0.39 is 0 Å². The van der Waals surface area contributed by atoms with Crippen molar-refractivity contribution in [1.29, 1.82) is 0 Å². The zero-order valence-electron chi connectivity index (χ0n) is 14.1. The van der Waals surface area contributed by atoms with Gasteiger partial charge in [-0.1, -0.05) is 16.8 Å². The van der Waals surface area contributed by atoms with Crippen LogP contribution in [0.3, 0.4) is 0 Å². The van der Waals surface area contributed by atoms with Gasteiger partial charge in [0.05, 0.1) is 12.2 Å². The molecule has 24 heavy (non-hydrogen) atoms. The molecule has 0 amide bonds. The SMILES string of the molecule is COCCc1noc(-c2ccc(NCCC3=CCCCC3)nc2)n1. The van der Waals surface area contributed by atoms with Crippen molar-refractivity contribution in [2.45, 2.75) is 38.5 Å². The minimum Gasteiger partial charge on any atom is -0.384 e. The maximum Gasteiger partial charge on any atom is 0.259 e. The van der Waals surface area contributed by atoms with E-state index in [-0.39, 0.29) is 0 Å². The lowest BCUT2D eigenvalue weighted by Crippen LogP contribution is -2.05. The van der Waals surface area contributed by atoms with Crippen LogP contribution in [0.25, 0.3) is 11.5 Å². The molecule has 0 aliphatic heterocycles. The molecule has 0 bridgehead atoms. The van der Waals surface area contributed by atoms with Gasteiger partial charge in [-0.2, -0.15) is 4.98 Å². The molecule has 6 nitrogen and oxygen atoms in total. The lowest BCUT2D eigenvalue weighted by molar-refractivity contribution is 0.199. The van der Waals surface area contributed by atoms with E-state index in [2.05, 4.69) is 26.5 Å². The summed E-state index contributed by atoms with van der Waals surface area (Å²) in [6.07, 6.45) is 11.0. The van der Waals surface area contributed by atoms with Gasteiger partial charge in [0.15, 0.2) is 5.82 Å². The molecule has 2 aromatic heterocycles. The number of pyridine rings is 1. The monoisotopic (exact) mass is 328 g/mol. The topological polar surface area (TPSA) is 73.1 Å². The molecule has 1 aliphatic carbocycles. The molecule has 2 heterocycles. The summed E-state index contributed by atoms with van der Waals surface area (Å²) in [7, 11) is 1.65. The van der Waals surface area contributed by atoms with E-state index in [0.717, 1.165) is 24.3 Å². The van der Waals surface area contributed by atoms with Crippen molar-refractivity contribution in [3.05, 3.63) is 35.8 Å². The predicted octanol–water partition coefficient (Wildman–Crippen LogP) is 3.62. The Morgan fingerprint density at radius 3 is 2.96 bits per heavy atom. The Bertz CT molecular complexity index is 664. The molecule has 0 saturated heterocycles. The fourth-order valence-electron chi connectivity index (χ4n) is 2.77. The summed E-state index contributed by atoms with van der Waals surface area (Å²) in [6.45, 7) is 1.50. The second kappa shape index (κ2) is 8.59. The van der Waals surface area contributed by atoms with Crippen molar-refractivity contribution in [2.24, 2.45) is 0 Å². The Morgan fingerprint density at radius 1 is 1.25 bits per heavy atom. The van der Waals surface area contributed by atoms with Gasteiger partial charge >= 0.3 is 0 Å². The van der Waals surface area contributed by atoms with Crippen LogP contribution in [0.2, 0.25) is 0 Å². The minimum absolute atomic E-state index is 0.493. The summed E-state index contributed by atoms with van der Waals surface area (Å²) in [5.74, 6) is 2.01. The van der Waals surface area contributed by atoms with Gasteiger partial charge in [-0.05, 0) is 44.2 Å². The van der Waals surface area contributed by atoms with Crippen LogP contribution in [0.1, 0.15) is 37.9 Å². The van der Waals surface area contributed by atoms with Gasteiger partial charge in [0, 0.05) is 26.3 Å². The van der Waals surface area contributed by atoms with Crippen LogP contribution >= 0.6 is 0 Å². The molecule has 1 N–H and O–H groups in total. The fourth-order valence-corrected chi connectivity index (χ4v) is 2.77. The van der Waals surface area contributed by atoms with Gasteiger partial charge in [0.25, 0.3) is 5.89 Å². The maximum absolute atomic E-state index is 5.26. The van der Waals surface area contributed by atoms with Crippen molar-refractivity contribution in [3.63, 3.8) is 0 Å². The molecule has 2 aromatic rings. The molecule has 0 radical (unpaired) electrons. The van der Waals surface area contributed by atoms with E-state index in [1.807, 2.05) is 12.1 Å². The average molecular weight is 328 g/mol. The number of methoxy groups -OCH3 is 1. The van der Waals surface area contributed by atoms with Crippen molar-refractivity contribution in [1.82, 2.24) is 15.1 Å². The summed E-state index contributed by atoms with van der Waals surface area (Å²) < 4.78 is 10.3. The highest BCUT2D eigenvalue weighted by Crippen LogP contribution is 2.21. The van der Waals surface area contributed by atoms with Gasteiger partial charge in [-0.3, -0.25) is 0 Å². The number of nitrogens with zero attached hydrogens (tertiary/aromatic N) is 3. The molecule has 0 saturated carbocycles. The summed E-state index contributed by atoms with van der Waals surface area (Å²) in [5, 5.41) is 7.31. The number of hydrogen-bond acceptors (Lipinski definition) is 6. The fraction of sp³-hybridized carbons (Fsp3) is 0.500. The van der Waals surface area contributed by atoms with E-state index in [9.17, 15) is 0 Å². The third kappa shape index (κ3) is 4.64. The minimum atomic E-state index is 0.493. The van der Waals surface area contributed by atoms with Gasteiger partial charge in [0.1, 0.15) is 5.82 Å². The Hall–Kier alpha value is -2.21. The Morgan fingerprint density at radius 2 is 2.21 bits per heavy atom. The maximum atomic E-state index is 5.26. The zero-order chi connectivity index (χ0) is 16.6. The highest BCUT2D eigenvalue weighted by Gasteiger charge is 2.09. The largest absolute Gasteiger partial charge is 0.384 e. The zero-order valence-corrected chi connectivity index (χ0v) is 14.1. The average Bonchev–Trinajstić information content (AvgIpc) is 3.10. The number of ether oxygens (including phenoxy) is 1. The highest BCUT2D eigenvalue weighted by molar-refractivity contribution is 5.54. The molecule has 0 atom stereocenters. The number of anilines is 1. The van der Waals surface area contributed by atoms with E-state index in [1.54, 1.807) is 18.9 Å². The summed E-state index contributed by atoms with van der Waals surface area (Å²) in [6, 6.07) is 3.90. The number of allylic oxidation sites excluding steroid dienone is 1. The number of rotatable bonds is 8. The molecule has 0 spiro atoms. The first-order valence-corrected chi connectivity index (χ1v) is 8.55. The van der Waals surface area contributed by atoms with Gasteiger partial charge in [-0.15, -0.1) is 0 Å². The predicted molar refractivity (Wildman–Crippen MR) is 92.8 cm³/mol. The molecule has 0 fully saturated rings. The van der Waals surface area contributed by atoms with Crippen LogP contribution in [0.4, 0.5) is 5.82 Å². The van der Waals surface area contributed by atoms with Crippen molar-refractivity contribution >= 4 is 5.82 Å². The first kappa shape index (κ1) is 16.6.